The Labute approximate surface area is 99.8 Å². The number of hydrogen-bond donors (Lipinski definition) is 2. The molecule has 16 heavy (non-hydrogen) atoms. The Bertz CT molecular complexity index is 347. The number of benzene rings is 1. The van der Waals surface area contributed by atoms with Crippen LogP contribution >= 0.6 is 11.6 Å². The number of aliphatic hydroxyl groups excluding tert-OH is 1. The van der Waals surface area contributed by atoms with Crippen LogP contribution in [0, 0.1) is 5.82 Å². The Morgan fingerprint density at radius 2 is 2.19 bits per heavy atom. The fraction of sp³-hybridized carbons (Fsp3) is 0.455. The van der Waals surface area contributed by atoms with Crippen LogP contribution < -0.4 is 5.32 Å². The highest BCUT2D eigenvalue weighted by Crippen LogP contribution is 2.19. The van der Waals surface area contributed by atoms with Crippen molar-refractivity contribution in [3.05, 3.63) is 29.0 Å². The first kappa shape index (κ1) is 13.2. The molecule has 1 atom stereocenters. The molecule has 0 aliphatic rings. The first-order valence-corrected chi connectivity index (χ1v) is 5.38. The predicted octanol–water partition coefficient (Wildman–Crippen LogP) is 1.81. The van der Waals surface area contributed by atoms with E-state index in [2.05, 4.69) is 5.32 Å². The standard InChI is InChI=1S/C11H16ClFN2O/c1-15(2)7-9(16)6-14-8-3-4-11(13)10(12)5-8/h3-5,9,14,16H,6-7H2,1-2H3. The fourth-order valence-corrected chi connectivity index (χ4v) is 1.51. The molecule has 0 saturated carbocycles. The Kier molecular flexibility index (Phi) is 4.99. The fourth-order valence-electron chi connectivity index (χ4n) is 1.33. The van der Waals surface area contributed by atoms with Gasteiger partial charge in [0.1, 0.15) is 5.82 Å². The summed E-state index contributed by atoms with van der Waals surface area (Å²) in [6.45, 7) is 0.974. The van der Waals surface area contributed by atoms with Crippen molar-refractivity contribution in [1.82, 2.24) is 4.90 Å². The van der Waals surface area contributed by atoms with Crippen molar-refractivity contribution in [1.29, 1.82) is 0 Å². The van der Waals surface area contributed by atoms with E-state index in [1.54, 1.807) is 6.07 Å². The molecule has 1 aromatic carbocycles. The minimum Gasteiger partial charge on any atom is -0.390 e. The number of nitrogens with one attached hydrogen (secondary N) is 1. The maximum Gasteiger partial charge on any atom is 0.141 e. The van der Waals surface area contributed by atoms with Crippen LogP contribution in [0.3, 0.4) is 0 Å². The van der Waals surface area contributed by atoms with Gasteiger partial charge in [-0.05, 0) is 32.3 Å². The van der Waals surface area contributed by atoms with Crippen molar-refractivity contribution in [3.63, 3.8) is 0 Å². The zero-order valence-electron chi connectivity index (χ0n) is 9.37. The predicted molar refractivity (Wildman–Crippen MR) is 64.5 cm³/mol. The number of likely N-dealkylation sites (N-methyl/N-ethyl adjacent to an activating group) is 1. The van der Waals surface area contributed by atoms with Crippen molar-refractivity contribution in [2.45, 2.75) is 6.10 Å². The van der Waals surface area contributed by atoms with Gasteiger partial charge in [-0.1, -0.05) is 11.6 Å². The lowest BCUT2D eigenvalue weighted by Crippen LogP contribution is -2.31. The van der Waals surface area contributed by atoms with Crippen LogP contribution in [-0.2, 0) is 0 Å². The van der Waals surface area contributed by atoms with Crippen molar-refractivity contribution in [2.75, 3.05) is 32.5 Å². The van der Waals surface area contributed by atoms with E-state index in [1.165, 1.54) is 12.1 Å². The first-order valence-electron chi connectivity index (χ1n) is 5.00. The molecule has 0 heterocycles. The van der Waals surface area contributed by atoms with Crippen LogP contribution in [0.1, 0.15) is 0 Å². The topological polar surface area (TPSA) is 35.5 Å². The summed E-state index contributed by atoms with van der Waals surface area (Å²) < 4.78 is 12.9. The van der Waals surface area contributed by atoms with E-state index in [4.69, 9.17) is 11.6 Å². The lowest BCUT2D eigenvalue weighted by Gasteiger charge is -2.17. The van der Waals surface area contributed by atoms with Gasteiger partial charge in [0.05, 0.1) is 11.1 Å². The van der Waals surface area contributed by atoms with E-state index in [1.807, 2.05) is 19.0 Å². The molecule has 0 aliphatic carbocycles. The summed E-state index contributed by atoms with van der Waals surface area (Å²) in [5.41, 5.74) is 0.698. The third-order valence-electron chi connectivity index (χ3n) is 2.04. The molecule has 1 unspecified atom stereocenters. The van der Waals surface area contributed by atoms with Crippen LogP contribution in [-0.4, -0.2) is 43.3 Å². The molecule has 3 nitrogen and oxygen atoms in total. The molecule has 0 saturated heterocycles. The maximum atomic E-state index is 12.9. The molecular weight excluding hydrogens is 231 g/mol. The molecule has 1 aromatic rings. The van der Waals surface area contributed by atoms with Gasteiger partial charge in [0, 0.05) is 18.8 Å². The highest BCUT2D eigenvalue weighted by atomic mass is 35.5. The summed E-state index contributed by atoms with van der Waals surface area (Å²) in [5, 5.41) is 12.7. The van der Waals surface area contributed by atoms with E-state index in [0.717, 1.165) is 0 Å². The van der Waals surface area contributed by atoms with E-state index >= 15 is 0 Å². The SMILES string of the molecule is CN(C)CC(O)CNc1ccc(F)c(Cl)c1. The average molecular weight is 247 g/mol. The summed E-state index contributed by atoms with van der Waals surface area (Å²) in [4.78, 5) is 1.89. The number of anilines is 1. The van der Waals surface area contributed by atoms with E-state index in [0.29, 0.717) is 18.8 Å². The molecular formula is C11H16ClFN2O. The third kappa shape index (κ3) is 4.35. The Morgan fingerprint density at radius 1 is 1.50 bits per heavy atom. The quantitative estimate of drug-likeness (QED) is 0.832. The van der Waals surface area contributed by atoms with Gasteiger partial charge in [-0.2, -0.15) is 0 Å². The Morgan fingerprint density at radius 3 is 2.75 bits per heavy atom. The van der Waals surface area contributed by atoms with E-state index < -0.39 is 11.9 Å². The zero-order chi connectivity index (χ0) is 12.1. The molecule has 0 radical (unpaired) electrons. The summed E-state index contributed by atoms with van der Waals surface area (Å²) in [6, 6.07) is 4.38. The van der Waals surface area contributed by atoms with Crippen LogP contribution in [0.5, 0.6) is 0 Å². The molecule has 0 fully saturated rings. The lowest BCUT2D eigenvalue weighted by molar-refractivity contribution is 0.148. The number of hydrogen-bond acceptors (Lipinski definition) is 3. The second-order valence-corrected chi connectivity index (χ2v) is 4.33. The Balaban J connectivity index is 2.45. The van der Waals surface area contributed by atoms with Crippen molar-refractivity contribution in [3.8, 4) is 0 Å². The zero-order valence-corrected chi connectivity index (χ0v) is 10.1. The molecule has 0 aromatic heterocycles. The van der Waals surface area contributed by atoms with Crippen molar-refractivity contribution in [2.24, 2.45) is 0 Å². The summed E-state index contributed by atoms with van der Waals surface area (Å²) in [5.74, 6) is -0.443. The van der Waals surface area contributed by atoms with Gasteiger partial charge in [0.15, 0.2) is 0 Å². The van der Waals surface area contributed by atoms with Crippen LogP contribution in [0.25, 0.3) is 0 Å². The smallest absolute Gasteiger partial charge is 0.141 e. The summed E-state index contributed by atoms with van der Waals surface area (Å²) in [6.07, 6.45) is -0.473. The van der Waals surface area contributed by atoms with Gasteiger partial charge in [-0.3, -0.25) is 0 Å². The maximum absolute atomic E-state index is 12.9. The summed E-state index contributed by atoms with van der Waals surface area (Å²) >= 11 is 5.63. The monoisotopic (exact) mass is 246 g/mol. The number of nitrogens with zero attached hydrogens (tertiary/aromatic N) is 1. The lowest BCUT2D eigenvalue weighted by atomic mass is 10.3. The highest BCUT2D eigenvalue weighted by molar-refractivity contribution is 6.31. The van der Waals surface area contributed by atoms with Gasteiger partial charge in [-0.25, -0.2) is 4.39 Å². The van der Waals surface area contributed by atoms with Crippen LogP contribution in [0.15, 0.2) is 18.2 Å². The second-order valence-electron chi connectivity index (χ2n) is 3.93. The molecule has 0 bridgehead atoms. The molecule has 90 valence electrons. The molecule has 0 spiro atoms. The van der Waals surface area contributed by atoms with Crippen LogP contribution in [0.4, 0.5) is 10.1 Å². The van der Waals surface area contributed by atoms with Gasteiger partial charge >= 0.3 is 0 Å². The number of rotatable bonds is 5. The minimum atomic E-state index is -0.473. The third-order valence-corrected chi connectivity index (χ3v) is 2.33. The normalized spacial score (nSPS) is 12.9. The second kappa shape index (κ2) is 6.03. The summed E-state index contributed by atoms with van der Waals surface area (Å²) in [7, 11) is 3.77. The Hall–Kier alpha value is -0.840. The van der Waals surface area contributed by atoms with Crippen LogP contribution in [0.2, 0.25) is 5.02 Å². The number of aliphatic hydroxyl groups is 1. The molecule has 0 amide bonds. The van der Waals surface area contributed by atoms with Gasteiger partial charge in [0.2, 0.25) is 0 Å². The highest BCUT2D eigenvalue weighted by Gasteiger charge is 2.06. The largest absolute Gasteiger partial charge is 0.390 e. The van der Waals surface area contributed by atoms with Gasteiger partial charge < -0.3 is 15.3 Å². The van der Waals surface area contributed by atoms with Crippen molar-refractivity contribution >= 4 is 17.3 Å². The molecule has 5 heteroatoms. The first-order chi connectivity index (χ1) is 7.49. The molecule has 2 N–H and O–H groups in total. The van der Waals surface area contributed by atoms with E-state index in [-0.39, 0.29) is 5.02 Å². The number of halogens is 2. The average Bonchev–Trinajstić information content (AvgIpc) is 2.19. The molecule has 0 aliphatic heterocycles. The van der Waals surface area contributed by atoms with Gasteiger partial charge in [0.25, 0.3) is 0 Å². The van der Waals surface area contributed by atoms with Gasteiger partial charge in [-0.15, -0.1) is 0 Å². The minimum absolute atomic E-state index is 0.0760. The van der Waals surface area contributed by atoms with E-state index in [9.17, 15) is 9.50 Å². The molecule has 1 rings (SSSR count). The van der Waals surface area contributed by atoms with Crippen molar-refractivity contribution < 1.29 is 9.50 Å².